The summed E-state index contributed by atoms with van der Waals surface area (Å²) in [6.07, 6.45) is 1.59. The predicted molar refractivity (Wildman–Crippen MR) is 63.8 cm³/mol. The summed E-state index contributed by atoms with van der Waals surface area (Å²) in [7, 11) is 0. The van der Waals surface area contributed by atoms with E-state index in [1.807, 2.05) is 20.8 Å². The maximum absolute atomic E-state index is 10.8. The molecule has 0 aliphatic carbocycles. The summed E-state index contributed by atoms with van der Waals surface area (Å²) in [5.74, 6) is -0.504. The van der Waals surface area contributed by atoms with Gasteiger partial charge in [0.05, 0.1) is 5.56 Å². The lowest BCUT2D eigenvalue weighted by molar-refractivity contribution is -0.135. The van der Waals surface area contributed by atoms with E-state index in [2.05, 4.69) is 11.1 Å². The van der Waals surface area contributed by atoms with Crippen LogP contribution in [-0.4, -0.2) is 28.6 Å². The van der Waals surface area contributed by atoms with E-state index in [0.29, 0.717) is 11.4 Å². The van der Waals surface area contributed by atoms with Crippen molar-refractivity contribution < 1.29 is 9.90 Å². The molecule has 0 bridgehead atoms. The summed E-state index contributed by atoms with van der Waals surface area (Å²) in [5.41, 5.74) is 1.23. The number of rotatable bonds is 4. The standard InChI is InChI=1S/C12H15N3O2/c1-8(2)15(7-11(16)17)12-10(6-13)9(3)4-5-14-12/h4-5,8H,7H2,1-3H3,(H,16,17). The van der Waals surface area contributed by atoms with E-state index in [1.165, 1.54) is 0 Å². The molecule has 0 amide bonds. The van der Waals surface area contributed by atoms with E-state index >= 15 is 0 Å². The lowest BCUT2D eigenvalue weighted by Gasteiger charge is -2.27. The summed E-state index contributed by atoms with van der Waals surface area (Å²) >= 11 is 0. The van der Waals surface area contributed by atoms with E-state index in [1.54, 1.807) is 17.2 Å². The van der Waals surface area contributed by atoms with Crippen LogP contribution < -0.4 is 4.90 Å². The molecule has 5 heteroatoms. The number of nitrogens with zero attached hydrogens (tertiary/aromatic N) is 3. The van der Waals surface area contributed by atoms with Crippen molar-refractivity contribution in [2.45, 2.75) is 26.8 Å². The molecular weight excluding hydrogens is 218 g/mol. The van der Waals surface area contributed by atoms with Gasteiger partial charge in [0.25, 0.3) is 0 Å². The minimum absolute atomic E-state index is 0.0347. The Labute approximate surface area is 100 Å². The summed E-state index contributed by atoms with van der Waals surface area (Å²) in [6.45, 7) is 5.38. The van der Waals surface area contributed by atoms with Crippen LogP contribution >= 0.6 is 0 Å². The third kappa shape index (κ3) is 2.94. The van der Waals surface area contributed by atoms with Crippen LogP contribution in [0, 0.1) is 18.3 Å². The van der Waals surface area contributed by atoms with Gasteiger partial charge in [-0.2, -0.15) is 5.26 Å². The average Bonchev–Trinajstić information content (AvgIpc) is 2.25. The quantitative estimate of drug-likeness (QED) is 0.853. The summed E-state index contributed by atoms with van der Waals surface area (Å²) in [6, 6.07) is 3.78. The number of hydrogen-bond donors (Lipinski definition) is 1. The number of aromatic nitrogens is 1. The van der Waals surface area contributed by atoms with E-state index < -0.39 is 5.97 Å². The van der Waals surface area contributed by atoms with Gasteiger partial charge in [-0.1, -0.05) is 0 Å². The Bertz CT molecular complexity index is 463. The van der Waals surface area contributed by atoms with Gasteiger partial charge in [-0.05, 0) is 32.4 Å². The third-order valence-corrected chi connectivity index (χ3v) is 2.45. The van der Waals surface area contributed by atoms with Crippen molar-refractivity contribution in [3.05, 3.63) is 23.4 Å². The first-order chi connectivity index (χ1) is 7.97. The number of aliphatic carboxylic acids is 1. The molecular formula is C12H15N3O2. The summed E-state index contributed by atoms with van der Waals surface area (Å²) < 4.78 is 0. The van der Waals surface area contributed by atoms with Crippen LogP contribution in [0.4, 0.5) is 5.82 Å². The van der Waals surface area contributed by atoms with Crippen LogP contribution in [0.5, 0.6) is 0 Å². The van der Waals surface area contributed by atoms with Crippen LogP contribution in [0.2, 0.25) is 0 Å². The van der Waals surface area contributed by atoms with Crippen molar-refractivity contribution in [2.75, 3.05) is 11.4 Å². The Kier molecular flexibility index (Phi) is 4.05. The minimum atomic E-state index is -0.939. The fraction of sp³-hybridized carbons (Fsp3) is 0.417. The van der Waals surface area contributed by atoms with Gasteiger partial charge in [-0.25, -0.2) is 4.98 Å². The number of carbonyl (C=O) groups is 1. The van der Waals surface area contributed by atoms with Crippen molar-refractivity contribution >= 4 is 11.8 Å². The normalized spacial score (nSPS) is 10.1. The highest BCUT2D eigenvalue weighted by Crippen LogP contribution is 2.21. The molecule has 1 heterocycles. The largest absolute Gasteiger partial charge is 0.480 e. The summed E-state index contributed by atoms with van der Waals surface area (Å²) in [5, 5.41) is 18.0. The average molecular weight is 233 g/mol. The van der Waals surface area contributed by atoms with Crippen LogP contribution in [0.1, 0.15) is 25.0 Å². The lowest BCUT2D eigenvalue weighted by Crippen LogP contribution is -2.37. The van der Waals surface area contributed by atoms with Gasteiger partial charge in [-0.3, -0.25) is 4.79 Å². The Morgan fingerprint density at radius 1 is 1.65 bits per heavy atom. The first-order valence-electron chi connectivity index (χ1n) is 5.31. The molecule has 0 saturated carbocycles. The van der Waals surface area contributed by atoms with E-state index in [0.717, 1.165) is 5.56 Å². The number of carboxylic acid groups (broad SMARTS) is 1. The molecule has 5 nitrogen and oxygen atoms in total. The smallest absolute Gasteiger partial charge is 0.323 e. The zero-order valence-electron chi connectivity index (χ0n) is 10.1. The van der Waals surface area contributed by atoms with Gasteiger partial charge in [0, 0.05) is 12.2 Å². The van der Waals surface area contributed by atoms with E-state index in [4.69, 9.17) is 10.4 Å². The third-order valence-electron chi connectivity index (χ3n) is 2.45. The second-order valence-corrected chi connectivity index (χ2v) is 4.05. The molecule has 1 rings (SSSR count). The molecule has 0 aliphatic heterocycles. The molecule has 0 fully saturated rings. The minimum Gasteiger partial charge on any atom is -0.480 e. The van der Waals surface area contributed by atoms with E-state index in [-0.39, 0.29) is 12.6 Å². The maximum atomic E-state index is 10.8. The number of aryl methyl sites for hydroxylation is 1. The zero-order chi connectivity index (χ0) is 13.0. The van der Waals surface area contributed by atoms with Crippen LogP contribution in [-0.2, 0) is 4.79 Å². The number of carboxylic acids is 1. The second-order valence-electron chi connectivity index (χ2n) is 4.05. The van der Waals surface area contributed by atoms with E-state index in [9.17, 15) is 4.79 Å². The number of hydrogen-bond acceptors (Lipinski definition) is 4. The summed E-state index contributed by atoms with van der Waals surface area (Å²) in [4.78, 5) is 16.5. The maximum Gasteiger partial charge on any atom is 0.323 e. The molecule has 0 radical (unpaired) electrons. The highest BCUT2D eigenvalue weighted by Gasteiger charge is 2.19. The van der Waals surface area contributed by atoms with Gasteiger partial charge >= 0.3 is 5.97 Å². The van der Waals surface area contributed by atoms with Gasteiger partial charge in [0.15, 0.2) is 0 Å². The second kappa shape index (κ2) is 5.30. The van der Waals surface area contributed by atoms with Gasteiger partial charge in [0.1, 0.15) is 18.4 Å². The number of pyridine rings is 1. The first kappa shape index (κ1) is 13.0. The van der Waals surface area contributed by atoms with Crippen molar-refractivity contribution in [3.8, 4) is 6.07 Å². The number of nitriles is 1. The highest BCUT2D eigenvalue weighted by molar-refractivity contribution is 5.74. The highest BCUT2D eigenvalue weighted by atomic mass is 16.4. The van der Waals surface area contributed by atoms with Crippen LogP contribution in [0.25, 0.3) is 0 Å². The van der Waals surface area contributed by atoms with Crippen molar-refractivity contribution in [3.63, 3.8) is 0 Å². The molecule has 1 aromatic rings. The Hall–Kier alpha value is -2.09. The molecule has 0 unspecified atom stereocenters. The molecule has 17 heavy (non-hydrogen) atoms. The molecule has 0 atom stereocenters. The molecule has 0 spiro atoms. The Balaban J connectivity index is 3.24. The molecule has 0 aliphatic rings. The number of anilines is 1. The monoisotopic (exact) mass is 233 g/mol. The lowest BCUT2D eigenvalue weighted by atomic mass is 10.1. The Morgan fingerprint density at radius 3 is 2.76 bits per heavy atom. The fourth-order valence-electron chi connectivity index (χ4n) is 1.55. The van der Waals surface area contributed by atoms with Gasteiger partial charge < -0.3 is 10.0 Å². The Morgan fingerprint density at radius 2 is 2.29 bits per heavy atom. The molecule has 1 aromatic heterocycles. The van der Waals surface area contributed by atoms with Crippen LogP contribution in [0.15, 0.2) is 12.3 Å². The molecule has 0 saturated heterocycles. The van der Waals surface area contributed by atoms with Gasteiger partial charge in [0.2, 0.25) is 0 Å². The van der Waals surface area contributed by atoms with Crippen molar-refractivity contribution in [1.29, 1.82) is 5.26 Å². The predicted octanol–water partition coefficient (Wildman–Crippen LogP) is 1.56. The molecule has 0 aromatic carbocycles. The molecule has 90 valence electrons. The topological polar surface area (TPSA) is 77.2 Å². The SMILES string of the molecule is Cc1ccnc(N(CC(=O)O)C(C)C)c1C#N. The van der Waals surface area contributed by atoms with Crippen molar-refractivity contribution in [2.24, 2.45) is 0 Å². The fourth-order valence-corrected chi connectivity index (χ4v) is 1.55. The molecule has 1 N–H and O–H groups in total. The zero-order valence-corrected chi connectivity index (χ0v) is 10.1. The van der Waals surface area contributed by atoms with Gasteiger partial charge in [-0.15, -0.1) is 0 Å². The van der Waals surface area contributed by atoms with Crippen molar-refractivity contribution in [1.82, 2.24) is 4.98 Å². The first-order valence-corrected chi connectivity index (χ1v) is 5.31. The van der Waals surface area contributed by atoms with Crippen LogP contribution in [0.3, 0.4) is 0 Å².